The Morgan fingerprint density at radius 2 is 0.971 bits per heavy atom. The summed E-state index contributed by atoms with van der Waals surface area (Å²) in [7, 11) is 9.15. The maximum atomic E-state index is 14.1. The van der Waals surface area contributed by atoms with Crippen molar-refractivity contribution in [3.8, 4) is 34.5 Å². The Morgan fingerprint density at radius 3 is 1.26 bits per heavy atom. The van der Waals surface area contributed by atoms with E-state index in [4.69, 9.17) is 40.0 Å². The molecule has 0 amide bonds. The number of ketones is 1. The summed E-state index contributed by atoms with van der Waals surface area (Å²) in [5.41, 5.74) is 1.43. The van der Waals surface area contributed by atoms with Crippen LogP contribution in [0.25, 0.3) is 0 Å². The number of hydrogen-bond acceptors (Lipinski definition) is 7. The molecule has 0 bridgehead atoms. The first-order valence-corrected chi connectivity index (χ1v) is 10.7. The number of benzene rings is 3. The first-order chi connectivity index (χ1) is 16.4. The van der Waals surface area contributed by atoms with Gasteiger partial charge in [0, 0.05) is 34.9 Å². The molecule has 7 nitrogen and oxygen atoms in total. The minimum absolute atomic E-state index is 0.236. The molecule has 0 heterocycles. The highest BCUT2D eigenvalue weighted by atomic mass is 35.5. The highest BCUT2D eigenvalue weighted by Gasteiger charge is 2.36. The van der Waals surface area contributed by atoms with Gasteiger partial charge in [0.1, 0.15) is 34.5 Å². The van der Waals surface area contributed by atoms with Crippen LogP contribution in [0.5, 0.6) is 34.5 Å². The quantitative estimate of drug-likeness (QED) is 0.355. The fraction of sp³-hybridized carbons (Fsp3) is 0.269. The smallest absolute Gasteiger partial charge is 0.175 e. The zero-order valence-corrected chi connectivity index (χ0v) is 20.7. The monoisotopic (exact) mass is 486 g/mol. The molecule has 3 rings (SSSR count). The Bertz CT molecular complexity index is 1040. The van der Waals surface area contributed by atoms with Crippen molar-refractivity contribution >= 4 is 17.4 Å². The number of hydrogen-bond donors (Lipinski definition) is 0. The largest absolute Gasteiger partial charge is 0.496 e. The SMILES string of the molecule is COc1cc(OC)c(C(C(=O)c2ccc(Cl)cc2)c2c(OC)cc(OC)cc2OC)c(OC)c1. The first-order valence-electron chi connectivity index (χ1n) is 10.3. The molecule has 34 heavy (non-hydrogen) atoms. The molecule has 0 aliphatic rings. The van der Waals surface area contributed by atoms with Crippen molar-refractivity contribution in [2.75, 3.05) is 42.7 Å². The van der Waals surface area contributed by atoms with Crippen LogP contribution in [0, 0.1) is 0 Å². The number of Topliss-reactive ketones (excluding diaryl/α,β-unsaturated/α-hetero) is 1. The van der Waals surface area contributed by atoms with Crippen molar-refractivity contribution in [3.05, 3.63) is 70.2 Å². The van der Waals surface area contributed by atoms with Crippen molar-refractivity contribution in [3.63, 3.8) is 0 Å². The molecular weight excluding hydrogens is 460 g/mol. The van der Waals surface area contributed by atoms with Crippen molar-refractivity contribution < 1.29 is 33.2 Å². The molecule has 0 spiro atoms. The fourth-order valence-electron chi connectivity index (χ4n) is 3.82. The van der Waals surface area contributed by atoms with Gasteiger partial charge in [-0.25, -0.2) is 0 Å². The number of halogens is 1. The summed E-state index contributed by atoms with van der Waals surface area (Å²) >= 11 is 6.07. The van der Waals surface area contributed by atoms with Crippen molar-refractivity contribution in [2.45, 2.75) is 5.92 Å². The third kappa shape index (κ3) is 4.84. The first kappa shape index (κ1) is 25.1. The van der Waals surface area contributed by atoms with Gasteiger partial charge in [-0.1, -0.05) is 11.6 Å². The zero-order chi connectivity index (χ0) is 24.8. The molecule has 3 aromatic carbocycles. The summed E-state index contributed by atoms with van der Waals surface area (Å²) in [6.45, 7) is 0. The highest BCUT2D eigenvalue weighted by Crippen LogP contribution is 2.49. The topological polar surface area (TPSA) is 72.5 Å². The summed E-state index contributed by atoms with van der Waals surface area (Å²) in [6, 6.07) is 13.5. The van der Waals surface area contributed by atoms with E-state index in [9.17, 15) is 4.79 Å². The predicted octanol–water partition coefficient (Wildman–Crippen LogP) is 5.41. The number of rotatable bonds is 10. The minimum Gasteiger partial charge on any atom is -0.496 e. The number of methoxy groups -OCH3 is 6. The van der Waals surface area contributed by atoms with Gasteiger partial charge >= 0.3 is 0 Å². The zero-order valence-electron chi connectivity index (χ0n) is 19.9. The minimum atomic E-state index is -0.923. The van der Waals surface area contributed by atoms with E-state index in [1.54, 1.807) is 62.8 Å². The maximum absolute atomic E-state index is 14.1. The lowest BCUT2D eigenvalue weighted by Crippen LogP contribution is -2.18. The lowest BCUT2D eigenvalue weighted by Gasteiger charge is -2.26. The highest BCUT2D eigenvalue weighted by molar-refractivity contribution is 6.30. The fourth-order valence-corrected chi connectivity index (χ4v) is 3.95. The number of carbonyl (C=O) groups excluding carboxylic acids is 1. The molecular formula is C26H27ClO7. The molecule has 0 fully saturated rings. The number of ether oxygens (including phenoxy) is 6. The third-order valence-electron chi connectivity index (χ3n) is 5.47. The van der Waals surface area contributed by atoms with Crippen molar-refractivity contribution in [2.24, 2.45) is 0 Å². The van der Waals surface area contributed by atoms with E-state index in [1.165, 1.54) is 28.4 Å². The Labute approximate surface area is 204 Å². The van der Waals surface area contributed by atoms with Crippen LogP contribution in [0.15, 0.2) is 48.5 Å². The predicted molar refractivity (Wildman–Crippen MR) is 130 cm³/mol. The van der Waals surface area contributed by atoms with E-state index in [1.807, 2.05) is 0 Å². The van der Waals surface area contributed by atoms with Crippen LogP contribution in [0.4, 0.5) is 0 Å². The van der Waals surface area contributed by atoms with Crippen LogP contribution in [0.3, 0.4) is 0 Å². The molecule has 0 radical (unpaired) electrons. The molecule has 0 atom stereocenters. The van der Waals surface area contributed by atoms with Gasteiger partial charge in [0.05, 0.1) is 59.7 Å². The van der Waals surface area contributed by atoms with Crippen molar-refractivity contribution in [1.82, 2.24) is 0 Å². The maximum Gasteiger partial charge on any atom is 0.175 e. The van der Waals surface area contributed by atoms with Gasteiger partial charge in [-0.05, 0) is 24.3 Å². The van der Waals surface area contributed by atoms with Crippen molar-refractivity contribution in [1.29, 1.82) is 0 Å². The van der Waals surface area contributed by atoms with E-state index >= 15 is 0 Å². The lowest BCUT2D eigenvalue weighted by atomic mass is 9.82. The summed E-state index contributed by atoms with van der Waals surface area (Å²) in [5.74, 6) is 1.50. The lowest BCUT2D eigenvalue weighted by molar-refractivity contribution is 0.0969. The molecule has 0 aliphatic heterocycles. The van der Waals surface area contributed by atoms with E-state index in [0.29, 0.717) is 56.2 Å². The van der Waals surface area contributed by atoms with Crippen LogP contribution in [-0.4, -0.2) is 48.4 Å². The average Bonchev–Trinajstić information content (AvgIpc) is 2.88. The van der Waals surface area contributed by atoms with Crippen LogP contribution in [0.1, 0.15) is 27.4 Å². The summed E-state index contributed by atoms with van der Waals surface area (Å²) in [6.07, 6.45) is 0. The average molecular weight is 487 g/mol. The van der Waals surface area contributed by atoms with Gasteiger partial charge in [-0.3, -0.25) is 4.79 Å². The molecule has 0 aliphatic carbocycles. The third-order valence-corrected chi connectivity index (χ3v) is 5.73. The van der Waals surface area contributed by atoms with Crippen LogP contribution in [-0.2, 0) is 0 Å². The van der Waals surface area contributed by atoms with Gasteiger partial charge in [0.25, 0.3) is 0 Å². The second-order valence-electron chi connectivity index (χ2n) is 7.20. The molecule has 0 saturated carbocycles. The van der Waals surface area contributed by atoms with E-state index in [-0.39, 0.29) is 5.78 Å². The Kier molecular flexibility index (Phi) is 8.12. The molecule has 0 N–H and O–H groups in total. The Balaban J connectivity index is 2.41. The van der Waals surface area contributed by atoms with E-state index in [0.717, 1.165) is 0 Å². The normalized spacial score (nSPS) is 10.6. The Hall–Kier alpha value is -3.58. The van der Waals surface area contributed by atoms with E-state index < -0.39 is 5.92 Å². The standard InChI is InChI=1S/C26H27ClO7/c1-29-17-11-19(31-3)23(20(12-17)32-4)25(26(28)15-7-9-16(27)10-8-15)24-21(33-5)13-18(30-2)14-22(24)34-6/h7-14,25H,1-6H3. The van der Waals surface area contributed by atoms with Gasteiger partial charge in [-0.2, -0.15) is 0 Å². The van der Waals surface area contributed by atoms with Gasteiger partial charge in [0.15, 0.2) is 5.78 Å². The number of carbonyl (C=O) groups is 1. The molecule has 0 aromatic heterocycles. The summed E-state index contributed by atoms with van der Waals surface area (Å²) < 4.78 is 33.5. The summed E-state index contributed by atoms with van der Waals surface area (Å²) in [4.78, 5) is 14.1. The van der Waals surface area contributed by atoms with Crippen LogP contribution in [0.2, 0.25) is 5.02 Å². The molecule has 3 aromatic rings. The van der Waals surface area contributed by atoms with Crippen LogP contribution < -0.4 is 28.4 Å². The molecule has 0 saturated heterocycles. The molecule has 0 unspecified atom stereocenters. The van der Waals surface area contributed by atoms with Crippen LogP contribution >= 0.6 is 11.6 Å². The summed E-state index contributed by atoms with van der Waals surface area (Å²) in [5, 5.41) is 0.521. The molecule has 8 heteroatoms. The second kappa shape index (κ2) is 11.0. The van der Waals surface area contributed by atoms with E-state index in [2.05, 4.69) is 0 Å². The molecule has 180 valence electrons. The second-order valence-corrected chi connectivity index (χ2v) is 7.63. The van der Waals surface area contributed by atoms with Gasteiger partial charge in [-0.15, -0.1) is 0 Å². The van der Waals surface area contributed by atoms with Gasteiger partial charge < -0.3 is 28.4 Å². The Morgan fingerprint density at radius 1 is 0.618 bits per heavy atom. The van der Waals surface area contributed by atoms with Gasteiger partial charge in [0.2, 0.25) is 0 Å².